The lowest BCUT2D eigenvalue weighted by Crippen LogP contribution is -2.22. The van der Waals surface area contributed by atoms with Gasteiger partial charge in [0.05, 0.1) is 10.9 Å². The maximum absolute atomic E-state index is 12.3. The highest BCUT2D eigenvalue weighted by molar-refractivity contribution is 9.11. The normalized spacial score (nSPS) is 12.2. The summed E-state index contributed by atoms with van der Waals surface area (Å²) in [5.74, 6) is -0.0434. The van der Waals surface area contributed by atoms with Crippen LogP contribution < -0.4 is 5.32 Å². The van der Waals surface area contributed by atoms with Gasteiger partial charge in [-0.2, -0.15) is 0 Å². The van der Waals surface area contributed by atoms with E-state index in [2.05, 4.69) is 42.2 Å². The first-order chi connectivity index (χ1) is 9.86. The summed E-state index contributed by atoms with van der Waals surface area (Å²) in [6, 6.07) is 3.95. The molecule has 1 aromatic carbocycles. The number of rotatable bonds is 4. The topological polar surface area (TPSA) is 42.0 Å². The lowest BCUT2D eigenvalue weighted by Gasteiger charge is -2.14. The predicted octanol–water partition coefficient (Wildman–Crippen LogP) is 5.40. The van der Waals surface area contributed by atoms with E-state index in [9.17, 15) is 4.79 Å². The molecule has 1 N–H and O–H groups in total. The van der Waals surface area contributed by atoms with Crippen molar-refractivity contribution in [3.8, 4) is 0 Å². The number of aromatic nitrogens is 1. The predicted molar refractivity (Wildman–Crippen MR) is 97.4 cm³/mol. The number of halogens is 2. The maximum atomic E-state index is 12.3. The number of nitrogens with zero attached hydrogens (tertiary/aromatic N) is 1. The molecule has 1 atom stereocenters. The molecule has 0 aliphatic rings. The van der Waals surface area contributed by atoms with E-state index in [4.69, 9.17) is 0 Å². The van der Waals surface area contributed by atoms with E-state index in [1.165, 1.54) is 11.8 Å². The fourth-order valence-corrected chi connectivity index (χ4v) is 5.23. The number of nitrogens with one attached hydrogen (secondary N) is 1. The van der Waals surface area contributed by atoms with Crippen LogP contribution in [0, 0.1) is 13.8 Å². The van der Waals surface area contributed by atoms with Crippen molar-refractivity contribution in [3.63, 3.8) is 0 Å². The first-order valence-electron chi connectivity index (χ1n) is 6.22. The fourth-order valence-electron chi connectivity index (χ4n) is 1.64. The molecule has 0 saturated carbocycles. The Balaban J connectivity index is 2.07. The summed E-state index contributed by atoms with van der Waals surface area (Å²) in [5, 5.41) is 4.73. The Morgan fingerprint density at radius 2 is 1.95 bits per heavy atom. The molecule has 1 heterocycles. The van der Waals surface area contributed by atoms with Gasteiger partial charge in [0.15, 0.2) is 4.34 Å². The first-order valence-corrected chi connectivity index (χ1v) is 9.56. The maximum Gasteiger partial charge on any atom is 0.237 e. The van der Waals surface area contributed by atoms with Crippen LogP contribution in [0.1, 0.15) is 18.2 Å². The summed E-state index contributed by atoms with van der Waals surface area (Å²) in [7, 11) is 0. The SMILES string of the molecule is Cc1cc(Br)c(NC(=O)[C@H](C)Sc2nc(C)cs2)c(Br)c1. The van der Waals surface area contributed by atoms with Crippen molar-refractivity contribution in [2.24, 2.45) is 0 Å². The van der Waals surface area contributed by atoms with Gasteiger partial charge in [0.25, 0.3) is 0 Å². The van der Waals surface area contributed by atoms with Crippen LogP contribution in [-0.2, 0) is 4.79 Å². The molecule has 0 radical (unpaired) electrons. The first kappa shape index (κ1) is 17.0. The summed E-state index contributed by atoms with van der Waals surface area (Å²) in [4.78, 5) is 16.7. The van der Waals surface area contributed by atoms with Gasteiger partial charge in [-0.1, -0.05) is 11.8 Å². The van der Waals surface area contributed by atoms with Gasteiger partial charge in [-0.25, -0.2) is 4.98 Å². The molecule has 1 amide bonds. The van der Waals surface area contributed by atoms with Crippen molar-refractivity contribution in [2.75, 3.05) is 5.32 Å². The fraction of sp³-hybridized carbons (Fsp3) is 0.286. The van der Waals surface area contributed by atoms with E-state index in [1.54, 1.807) is 11.3 Å². The highest BCUT2D eigenvalue weighted by Crippen LogP contribution is 2.33. The van der Waals surface area contributed by atoms with Gasteiger partial charge in [-0.3, -0.25) is 4.79 Å². The van der Waals surface area contributed by atoms with E-state index in [-0.39, 0.29) is 11.2 Å². The Morgan fingerprint density at radius 1 is 1.33 bits per heavy atom. The van der Waals surface area contributed by atoms with Gasteiger partial charge in [-0.05, 0) is 70.3 Å². The molecular formula is C14H14Br2N2OS2. The number of carbonyl (C=O) groups is 1. The van der Waals surface area contributed by atoms with Crippen molar-refractivity contribution in [2.45, 2.75) is 30.4 Å². The van der Waals surface area contributed by atoms with Crippen molar-refractivity contribution in [1.82, 2.24) is 4.98 Å². The Bertz CT molecular complexity index is 650. The molecule has 0 aliphatic heterocycles. The average molecular weight is 450 g/mol. The zero-order valence-corrected chi connectivity index (χ0v) is 16.5. The van der Waals surface area contributed by atoms with E-state index >= 15 is 0 Å². The lowest BCUT2D eigenvalue weighted by atomic mass is 10.2. The minimum Gasteiger partial charge on any atom is -0.323 e. The second kappa shape index (κ2) is 7.26. The summed E-state index contributed by atoms with van der Waals surface area (Å²) in [5.41, 5.74) is 2.86. The van der Waals surface area contributed by atoms with Crippen LogP contribution in [0.15, 0.2) is 30.8 Å². The molecule has 7 heteroatoms. The van der Waals surface area contributed by atoms with Gasteiger partial charge >= 0.3 is 0 Å². The van der Waals surface area contributed by atoms with Gasteiger partial charge in [0, 0.05) is 20.0 Å². The molecule has 0 fully saturated rings. The molecule has 0 saturated heterocycles. The third-order valence-corrected chi connectivity index (χ3v) is 6.12. The van der Waals surface area contributed by atoms with E-state index < -0.39 is 0 Å². The standard InChI is InChI=1S/C14H14Br2N2OS2/c1-7-4-10(15)12(11(16)5-7)18-13(19)9(3)21-14-17-8(2)6-20-14/h4-6,9H,1-3H3,(H,18,19)/t9-/m0/s1. The smallest absolute Gasteiger partial charge is 0.237 e. The molecule has 3 nitrogen and oxygen atoms in total. The molecule has 0 aliphatic carbocycles. The Hall–Kier alpha value is -0.370. The number of hydrogen-bond donors (Lipinski definition) is 1. The Kier molecular flexibility index (Phi) is 5.88. The summed E-state index contributed by atoms with van der Waals surface area (Å²) >= 11 is 10.0. The molecule has 0 spiro atoms. The number of thioether (sulfide) groups is 1. The third-order valence-electron chi connectivity index (χ3n) is 2.68. The highest BCUT2D eigenvalue weighted by atomic mass is 79.9. The van der Waals surface area contributed by atoms with Crippen LogP contribution in [-0.4, -0.2) is 16.1 Å². The van der Waals surface area contributed by atoms with Crippen LogP contribution in [0.2, 0.25) is 0 Å². The number of benzene rings is 1. The van der Waals surface area contributed by atoms with Crippen LogP contribution >= 0.6 is 55.0 Å². The Morgan fingerprint density at radius 3 is 2.48 bits per heavy atom. The average Bonchev–Trinajstić information content (AvgIpc) is 2.78. The summed E-state index contributed by atoms with van der Waals surface area (Å²) in [6.45, 7) is 5.84. The van der Waals surface area contributed by atoms with Crippen molar-refractivity contribution in [3.05, 3.63) is 37.7 Å². The number of carbonyl (C=O) groups excluding carboxylic acids is 1. The highest BCUT2D eigenvalue weighted by Gasteiger charge is 2.18. The van der Waals surface area contributed by atoms with Gasteiger partial charge in [-0.15, -0.1) is 11.3 Å². The monoisotopic (exact) mass is 448 g/mol. The van der Waals surface area contributed by atoms with Crippen LogP contribution in [0.5, 0.6) is 0 Å². The molecule has 21 heavy (non-hydrogen) atoms. The minimum atomic E-state index is -0.212. The molecule has 0 unspecified atom stereocenters. The second-order valence-electron chi connectivity index (χ2n) is 4.61. The number of hydrogen-bond acceptors (Lipinski definition) is 4. The van der Waals surface area contributed by atoms with Crippen LogP contribution in [0.3, 0.4) is 0 Å². The van der Waals surface area contributed by atoms with E-state index in [1.807, 2.05) is 38.3 Å². The molecule has 1 aromatic heterocycles. The quantitative estimate of drug-likeness (QED) is 0.635. The number of thiazole rings is 1. The second-order valence-corrected chi connectivity index (χ2v) is 8.76. The molecule has 2 rings (SSSR count). The Labute approximate surface area is 149 Å². The lowest BCUT2D eigenvalue weighted by molar-refractivity contribution is -0.115. The third kappa shape index (κ3) is 4.55. The molecular weight excluding hydrogens is 436 g/mol. The van der Waals surface area contributed by atoms with Crippen molar-refractivity contribution in [1.29, 1.82) is 0 Å². The minimum absolute atomic E-state index is 0.0434. The van der Waals surface area contributed by atoms with Gasteiger partial charge in [0.1, 0.15) is 0 Å². The van der Waals surface area contributed by atoms with Gasteiger partial charge < -0.3 is 5.32 Å². The number of amides is 1. The molecule has 2 aromatic rings. The largest absolute Gasteiger partial charge is 0.323 e. The van der Waals surface area contributed by atoms with Crippen LogP contribution in [0.4, 0.5) is 5.69 Å². The van der Waals surface area contributed by atoms with Crippen LogP contribution in [0.25, 0.3) is 0 Å². The van der Waals surface area contributed by atoms with Crippen molar-refractivity contribution >= 4 is 66.6 Å². The molecule has 0 bridgehead atoms. The number of anilines is 1. The van der Waals surface area contributed by atoms with Gasteiger partial charge in [0.2, 0.25) is 5.91 Å². The molecule has 112 valence electrons. The van der Waals surface area contributed by atoms with Crippen molar-refractivity contribution < 1.29 is 4.79 Å². The number of aryl methyl sites for hydroxylation is 2. The van der Waals surface area contributed by atoms with E-state index in [0.717, 1.165) is 30.2 Å². The zero-order chi connectivity index (χ0) is 15.6. The summed E-state index contributed by atoms with van der Waals surface area (Å²) in [6.07, 6.45) is 0. The summed E-state index contributed by atoms with van der Waals surface area (Å²) < 4.78 is 2.65. The zero-order valence-electron chi connectivity index (χ0n) is 11.7. The van der Waals surface area contributed by atoms with E-state index in [0.29, 0.717) is 0 Å².